The molecule has 0 radical (unpaired) electrons. The van der Waals surface area contributed by atoms with E-state index in [1.807, 2.05) is 0 Å². The van der Waals surface area contributed by atoms with Crippen LogP contribution < -0.4 is 10.6 Å². The van der Waals surface area contributed by atoms with Crippen LogP contribution in [-0.4, -0.2) is 31.7 Å². The Hall–Kier alpha value is -2.69. The average Bonchev–Trinajstić information content (AvgIpc) is 3.12. The lowest BCUT2D eigenvalue weighted by atomic mass is 10.2. The Morgan fingerprint density at radius 3 is 2.58 bits per heavy atom. The zero-order valence-corrected chi connectivity index (χ0v) is 13.2. The van der Waals surface area contributed by atoms with Crippen molar-refractivity contribution in [3.8, 4) is 17.1 Å². The van der Waals surface area contributed by atoms with Gasteiger partial charge >= 0.3 is 6.61 Å². The monoisotopic (exact) mass is 354 g/mol. The molecule has 1 aromatic carbocycles. The molecule has 0 saturated heterocycles. The van der Waals surface area contributed by atoms with E-state index in [-0.39, 0.29) is 5.75 Å². The van der Waals surface area contributed by atoms with Crippen LogP contribution in [0.4, 0.5) is 8.78 Å². The van der Waals surface area contributed by atoms with Crippen LogP contribution in [0.25, 0.3) is 11.4 Å². The fourth-order valence-corrected chi connectivity index (χ4v) is 2.57. The van der Waals surface area contributed by atoms with Crippen LogP contribution in [0, 0.1) is 6.92 Å². The van der Waals surface area contributed by atoms with Crippen molar-refractivity contribution >= 4 is 11.8 Å². The van der Waals surface area contributed by atoms with Crippen molar-refractivity contribution in [3.63, 3.8) is 0 Å². The molecule has 0 fully saturated rings. The number of hydrogen-bond donors (Lipinski definition) is 1. The maximum Gasteiger partial charge on any atom is 0.387 e. The van der Waals surface area contributed by atoms with E-state index < -0.39 is 6.61 Å². The molecule has 11 heteroatoms. The van der Waals surface area contributed by atoms with Gasteiger partial charge in [-0.05, 0) is 24.3 Å². The lowest BCUT2D eigenvalue weighted by Crippen LogP contribution is -2.11. The lowest BCUT2D eigenvalue weighted by Gasteiger charge is -2.06. The highest BCUT2D eigenvalue weighted by Crippen LogP contribution is 2.25. The summed E-state index contributed by atoms with van der Waals surface area (Å²) in [4.78, 5) is 0. The van der Waals surface area contributed by atoms with Gasteiger partial charge in [0.1, 0.15) is 5.75 Å². The summed E-state index contributed by atoms with van der Waals surface area (Å²) in [5.41, 5.74) is 0.618. The number of halogens is 2. The van der Waals surface area contributed by atoms with E-state index in [1.165, 1.54) is 28.6 Å². The zero-order valence-electron chi connectivity index (χ0n) is 12.4. The Bertz CT molecular complexity index is 820. The molecule has 0 saturated carbocycles. The van der Waals surface area contributed by atoms with Crippen molar-refractivity contribution in [3.05, 3.63) is 36.0 Å². The van der Waals surface area contributed by atoms with Gasteiger partial charge in [0.15, 0.2) is 5.82 Å². The minimum absolute atomic E-state index is 0.0539. The first-order valence-electron chi connectivity index (χ1n) is 6.70. The van der Waals surface area contributed by atoms with Crippen molar-refractivity contribution < 1.29 is 17.9 Å². The molecule has 0 spiro atoms. The van der Waals surface area contributed by atoms with E-state index in [1.54, 1.807) is 19.1 Å². The summed E-state index contributed by atoms with van der Waals surface area (Å²) in [5.74, 6) is 7.75. The standard InChI is InChI=1S/C13H12F2N6O2S/c1-7-17-18-10(22-7)6-24-13-20-19-11(21(13)16)8-2-4-9(5-3-8)23-12(14)15/h2-5,12H,6,16H2,1H3. The number of aromatic nitrogens is 5. The molecule has 2 heterocycles. The highest BCUT2D eigenvalue weighted by molar-refractivity contribution is 7.98. The smallest absolute Gasteiger partial charge is 0.387 e. The molecule has 0 atom stereocenters. The van der Waals surface area contributed by atoms with Gasteiger partial charge in [-0.15, -0.1) is 20.4 Å². The second kappa shape index (κ2) is 6.83. The molecule has 3 aromatic rings. The van der Waals surface area contributed by atoms with Gasteiger partial charge in [0.05, 0.1) is 5.75 Å². The van der Waals surface area contributed by atoms with Crippen LogP contribution in [0.15, 0.2) is 33.8 Å². The second-order valence-electron chi connectivity index (χ2n) is 4.58. The molecular formula is C13H12F2N6O2S. The molecular weight excluding hydrogens is 342 g/mol. The van der Waals surface area contributed by atoms with Crippen molar-refractivity contribution in [1.82, 2.24) is 25.1 Å². The Kier molecular flexibility index (Phi) is 4.60. The highest BCUT2D eigenvalue weighted by atomic mass is 32.2. The van der Waals surface area contributed by atoms with Crippen molar-refractivity contribution in [2.45, 2.75) is 24.4 Å². The fraction of sp³-hybridized carbons (Fsp3) is 0.231. The average molecular weight is 354 g/mol. The third kappa shape index (κ3) is 3.62. The van der Waals surface area contributed by atoms with E-state index in [4.69, 9.17) is 10.3 Å². The third-order valence-corrected chi connectivity index (χ3v) is 3.82. The number of benzene rings is 1. The summed E-state index contributed by atoms with van der Waals surface area (Å²) in [5, 5.41) is 16.1. The molecule has 0 aliphatic heterocycles. The van der Waals surface area contributed by atoms with Gasteiger partial charge in [0.2, 0.25) is 16.9 Å². The number of nitrogen functional groups attached to an aromatic ring is 1. The zero-order chi connectivity index (χ0) is 17.1. The fourth-order valence-electron chi connectivity index (χ4n) is 1.88. The predicted molar refractivity (Wildman–Crippen MR) is 80.8 cm³/mol. The lowest BCUT2D eigenvalue weighted by molar-refractivity contribution is -0.0498. The van der Waals surface area contributed by atoms with Crippen molar-refractivity contribution in [2.75, 3.05) is 5.84 Å². The molecule has 0 amide bonds. The summed E-state index contributed by atoms with van der Waals surface area (Å²) in [6.07, 6.45) is 0. The number of rotatable bonds is 6. The van der Waals surface area contributed by atoms with Gasteiger partial charge in [-0.2, -0.15) is 8.78 Å². The molecule has 24 heavy (non-hydrogen) atoms. The molecule has 0 unspecified atom stereocenters. The Labute approximate surface area is 139 Å². The van der Waals surface area contributed by atoms with E-state index in [2.05, 4.69) is 25.1 Å². The van der Waals surface area contributed by atoms with Crippen LogP contribution in [0.2, 0.25) is 0 Å². The number of hydrogen-bond acceptors (Lipinski definition) is 8. The summed E-state index contributed by atoms with van der Waals surface area (Å²) in [6, 6.07) is 5.95. The number of thioether (sulfide) groups is 1. The largest absolute Gasteiger partial charge is 0.435 e. The minimum Gasteiger partial charge on any atom is -0.435 e. The molecule has 2 N–H and O–H groups in total. The summed E-state index contributed by atoms with van der Waals surface area (Å²) < 4.78 is 35.2. The Morgan fingerprint density at radius 1 is 1.21 bits per heavy atom. The maximum atomic E-state index is 12.1. The van der Waals surface area contributed by atoms with Crippen LogP contribution >= 0.6 is 11.8 Å². The molecule has 126 valence electrons. The molecule has 2 aromatic heterocycles. The van der Waals surface area contributed by atoms with E-state index in [0.29, 0.717) is 34.1 Å². The summed E-state index contributed by atoms with van der Waals surface area (Å²) in [7, 11) is 0. The second-order valence-corrected chi connectivity index (χ2v) is 5.53. The Balaban J connectivity index is 1.72. The van der Waals surface area contributed by atoms with Crippen LogP contribution in [0.5, 0.6) is 5.75 Å². The normalized spacial score (nSPS) is 11.2. The van der Waals surface area contributed by atoms with E-state index >= 15 is 0 Å². The SMILES string of the molecule is Cc1nnc(CSc2nnc(-c3ccc(OC(F)F)cc3)n2N)o1. The number of aryl methyl sites for hydroxylation is 1. The predicted octanol–water partition coefficient (Wildman–Crippen LogP) is 2.24. The van der Waals surface area contributed by atoms with Gasteiger partial charge in [-0.3, -0.25) is 0 Å². The van der Waals surface area contributed by atoms with Crippen LogP contribution in [0.3, 0.4) is 0 Å². The van der Waals surface area contributed by atoms with Gasteiger partial charge < -0.3 is 15.0 Å². The van der Waals surface area contributed by atoms with Gasteiger partial charge in [-0.25, -0.2) is 4.68 Å². The summed E-state index contributed by atoms with van der Waals surface area (Å²) >= 11 is 1.28. The van der Waals surface area contributed by atoms with Crippen LogP contribution in [-0.2, 0) is 5.75 Å². The number of nitrogens with two attached hydrogens (primary N) is 1. The van der Waals surface area contributed by atoms with Gasteiger partial charge in [0.25, 0.3) is 0 Å². The summed E-state index contributed by atoms with van der Waals surface area (Å²) in [6.45, 7) is -1.17. The molecule has 0 bridgehead atoms. The molecule has 0 aliphatic rings. The van der Waals surface area contributed by atoms with Crippen molar-refractivity contribution in [2.24, 2.45) is 0 Å². The Morgan fingerprint density at radius 2 is 1.96 bits per heavy atom. The number of nitrogens with zero attached hydrogens (tertiary/aromatic N) is 5. The first-order chi connectivity index (χ1) is 11.5. The number of alkyl halides is 2. The topological polar surface area (TPSA) is 105 Å². The third-order valence-electron chi connectivity index (χ3n) is 2.89. The molecule has 0 aliphatic carbocycles. The van der Waals surface area contributed by atoms with E-state index in [9.17, 15) is 8.78 Å². The minimum atomic E-state index is -2.87. The highest BCUT2D eigenvalue weighted by Gasteiger charge is 2.14. The number of ether oxygens (including phenoxy) is 1. The van der Waals surface area contributed by atoms with Gasteiger partial charge in [-0.1, -0.05) is 11.8 Å². The van der Waals surface area contributed by atoms with E-state index in [0.717, 1.165) is 0 Å². The van der Waals surface area contributed by atoms with Gasteiger partial charge in [0, 0.05) is 12.5 Å². The molecule has 3 rings (SSSR count). The van der Waals surface area contributed by atoms with Crippen LogP contribution in [0.1, 0.15) is 11.8 Å². The molecule has 8 nitrogen and oxygen atoms in total. The first kappa shape index (κ1) is 16.2. The maximum absolute atomic E-state index is 12.1. The first-order valence-corrected chi connectivity index (χ1v) is 7.69. The van der Waals surface area contributed by atoms with Crippen molar-refractivity contribution in [1.29, 1.82) is 0 Å². The quantitative estimate of drug-likeness (QED) is 0.531.